The summed E-state index contributed by atoms with van der Waals surface area (Å²) in [4.78, 5) is 3.82. The first-order valence-electron chi connectivity index (χ1n) is 21.3. The Morgan fingerprint density at radius 3 is 1.48 bits per heavy atom. The first-order chi connectivity index (χ1) is 31.8. The van der Waals surface area contributed by atoms with E-state index in [1.54, 1.807) is 0 Å². The third kappa shape index (κ3) is 6.51. The molecule has 0 saturated carbocycles. The average Bonchev–Trinajstić information content (AvgIpc) is 3.83. The summed E-state index contributed by atoms with van der Waals surface area (Å²) in [6, 6.07) is 66.0. The topological polar surface area (TPSA) is 10.9 Å². The van der Waals surface area contributed by atoms with E-state index in [1.807, 2.05) is 137 Å². The lowest BCUT2D eigenvalue weighted by atomic mass is 10.0. The third-order valence-corrected chi connectivity index (χ3v) is 12.4. The first-order valence-corrected chi connectivity index (χ1v) is 21.3. The van der Waals surface area contributed by atoms with Gasteiger partial charge < -0.3 is 14.2 Å². The lowest BCUT2D eigenvalue weighted by molar-refractivity contribution is 0.583. The first kappa shape index (κ1) is 38.3. The molecule has 0 aliphatic carbocycles. The van der Waals surface area contributed by atoms with E-state index in [0.29, 0.717) is 11.4 Å². The Kier molecular flexibility index (Phi) is 8.91. The highest BCUT2D eigenvalue weighted by atomic mass is 19.1. The van der Waals surface area contributed by atoms with Crippen LogP contribution in [0.4, 0.5) is 51.7 Å². The van der Waals surface area contributed by atoms with E-state index < -0.39 is 23.3 Å². The van der Waals surface area contributed by atoms with Crippen molar-refractivity contribution in [1.82, 2.24) is 4.40 Å². The van der Waals surface area contributed by atoms with Crippen molar-refractivity contribution in [1.29, 1.82) is 0 Å². The summed E-state index contributed by atoms with van der Waals surface area (Å²) in [7, 11) is 0. The molecule has 12 rings (SSSR count). The summed E-state index contributed by atoms with van der Waals surface area (Å²) in [5.41, 5.74) is 10.6. The van der Waals surface area contributed by atoms with Gasteiger partial charge in [0.2, 0.25) is 0 Å². The molecule has 0 amide bonds. The Morgan fingerprint density at radius 1 is 0.308 bits per heavy atom. The van der Waals surface area contributed by atoms with Gasteiger partial charge in [-0.1, -0.05) is 115 Å². The zero-order valence-corrected chi connectivity index (χ0v) is 34.6. The Hall–Kier alpha value is -8.42. The minimum absolute atomic E-state index is 0.350. The van der Waals surface area contributed by atoms with E-state index in [9.17, 15) is 8.78 Å². The van der Waals surface area contributed by atoms with Crippen molar-refractivity contribution in [3.8, 4) is 22.3 Å². The minimum Gasteiger partial charge on any atom is -0.310 e. The molecule has 0 aliphatic rings. The van der Waals surface area contributed by atoms with Crippen LogP contribution in [0, 0.1) is 23.3 Å². The number of hydrogen-bond donors (Lipinski definition) is 0. The quantitative estimate of drug-likeness (QED) is 0.141. The number of rotatable bonds is 8. The molecule has 7 heteroatoms. The lowest BCUT2D eigenvalue weighted by Gasteiger charge is -2.27. The second-order valence-corrected chi connectivity index (χ2v) is 16.4. The SMILES string of the molecule is Fc1cc(F)cc(N(c2cccc(-c3ccccc3)c2)c2ccc3cc4c5ccc(N(c6cc(F)cc(F)c6)c6cccc(-c7ccccc7)c6)c6c7ccccc7n(c4cc3c2)c56)c1. The smallest absolute Gasteiger partial charge is 0.128 e. The molecule has 10 aromatic carbocycles. The molecule has 0 unspecified atom stereocenters. The molecule has 0 spiro atoms. The van der Waals surface area contributed by atoms with Gasteiger partial charge in [0, 0.05) is 50.7 Å². The van der Waals surface area contributed by atoms with Gasteiger partial charge in [-0.05, 0) is 118 Å². The number of anilines is 6. The molecule has 0 saturated heterocycles. The van der Waals surface area contributed by atoms with Gasteiger partial charge in [0.15, 0.2) is 0 Å². The molecule has 3 nitrogen and oxygen atoms in total. The summed E-state index contributed by atoms with van der Waals surface area (Å²) < 4.78 is 62.7. The van der Waals surface area contributed by atoms with Gasteiger partial charge in [-0.3, -0.25) is 0 Å². The van der Waals surface area contributed by atoms with Gasteiger partial charge in [-0.15, -0.1) is 0 Å². The van der Waals surface area contributed by atoms with Gasteiger partial charge in [0.1, 0.15) is 23.3 Å². The lowest BCUT2D eigenvalue weighted by Crippen LogP contribution is -2.11. The van der Waals surface area contributed by atoms with Crippen LogP contribution in [-0.2, 0) is 0 Å². The van der Waals surface area contributed by atoms with Gasteiger partial charge in [0.25, 0.3) is 0 Å². The van der Waals surface area contributed by atoms with E-state index in [-0.39, 0.29) is 0 Å². The molecule has 0 bridgehead atoms. The molecule has 0 atom stereocenters. The van der Waals surface area contributed by atoms with Gasteiger partial charge in [-0.2, -0.15) is 0 Å². The molecule has 310 valence electrons. The van der Waals surface area contributed by atoms with Crippen LogP contribution >= 0.6 is 0 Å². The van der Waals surface area contributed by atoms with E-state index in [2.05, 4.69) is 52.9 Å². The fourth-order valence-electron chi connectivity index (χ4n) is 9.67. The molecular formula is C58H35F4N3. The monoisotopic (exact) mass is 849 g/mol. The zero-order chi connectivity index (χ0) is 43.8. The van der Waals surface area contributed by atoms with Crippen LogP contribution in [-0.4, -0.2) is 4.40 Å². The highest BCUT2D eigenvalue weighted by Gasteiger charge is 2.25. The number of para-hydroxylation sites is 1. The van der Waals surface area contributed by atoms with Crippen LogP contribution in [0.15, 0.2) is 212 Å². The fraction of sp³-hybridized carbons (Fsp3) is 0. The molecule has 0 fully saturated rings. The minimum atomic E-state index is -0.674. The molecule has 65 heavy (non-hydrogen) atoms. The predicted molar refractivity (Wildman–Crippen MR) is 259 cm³/mol. The maximum Gasteiger partial charge on any atom is 0.128 e. The Morgan fingerprint density at radius 2 is 0.846 bits per heavy atom. The Labute approximate surface area is 371 Å². The molecular weight excluding hydrogens is 815 g/mol. The summed E-state index contributed by atoms with van der Waals surface area (Å²) in [6.45, 7) is 0. The molecule has 12 aromatic rings. The van der Waals surface area contributed by atoms with E-state index in [0.717, 1.165) is 106 Å². The van der Waals surface area contributed by atoms with Crippen molar-refractivity contribution in [3.05, 3.63) is 236 Å². The highest BCUT2D eigenvalue weighted by molar-refractivity contribution is 6.28. The highest BCUT2D eigenvalue weighted by Crippen LogP contribution is 2.49. The van der Waals surface area contributed by atoms with Gasteiger partial charge in [-0.25, -0.2) is 17.6 Å². The summed E-state index contributed by atoms with van der Waals surface area (Å²) >= 11 is 0. The van der Waals surface area contributed by atoms with Crippen molar-refractivity contribution >= 4 is 83.0 Å². The Balaban J connectivity index is 1.08. The summed E-state index contributed by atoms with van der Waals surface area (Å²) in [6.07, 6.45) is 0. The average molecular weight is 850 g/mol. The van der Waals surface area contributed by atoms with Crippen LogP contribution in [0.5, 0.6) is 0 Å². The molecule has 0 aliphatic heterocycles. The third-order valence-electron chi connectivity index (χ3n) is 12.4. The molecule has 2 heterocycles. The summed E-state index contributed by atoms with van der Waals surface area (Å²) in [5.74, 6) is -2.69. The van der Waals surface area contributed by atoms with E-state index in [4.69, 9.17) is 0 Å². The maximum atomic E-state index is 15.2. The number of nitrogens with zero attached hydrogens (tertiary/aromatic N) is 3. The number of fused-ring (bicyclic) bond motifs is 7. The number of aromatic nitrogens is 1. The van der Waals surface area contributed by atoms with Crippen LogP contribution in [0.3, 0.4) is 0 Å². The standard InChI is InChI=1S/C58H35F4N3/c59-42-30-43(60)33-49(32-42)63(46-17-9-15-38(25-46)36-11-3-1-4-12-36)48-22-21-40-28-53-51-23-24-55(57-52-19-7-8-20-54(52)65(58(51)57)56(53)29-41(40)27-48)64(50-34-44(61)31-45(62)35-50)47-18-10-16-39(26-47)37-13-5-2-6-14-37/h1-35H. The van der Waals surface area contributed by atoms with Gasteiger partial charge >= 0.3 is 0 Å². The molecule has 0 N–H and O–H groups in total. The van der Waals surface area contributed by atoms with Crippen LogP contribution < -0.4 is 9.80 Å². The maximum absolute atomic E-state index is 15.2. The van der Waals surface area contributed by atoms with Crippen molar-refractivity contribution in [3.63, 3.8) is 0 Å². The van der Waals surface area contributed by atoms with E-state index >= 15 is 8.78 Å². The van der Waals surface area contributed by atoms with Gasteiger partial charge in [0.05, 0.1) is 33.6 Å². The fourth-order valence-corrected chi connectivity index (χ4v) is 9.67. The predicted octanol–water partition coefficient (Wildman–Crippen LogP) is 16.8. The largest absolute Gasteiger partial charge is 0.310 e. The van der Waals surface area contributed by atoms with Crippen molar-refractivity contribution in [2.45, 2.75) is 0 Å². The number of benzene rings is 10. The van der Waals surface area contributed by atoms with Crippen LogP contribution in [0.25, 0.3) is 71.1 Å². The molecule has 0 radical (unpaired) electrons. The van der Waals surface area contributed by atoms with Crippen molar-refractivity contribution < 1.29 is 17.6 Å². The Bertz CT molecular complexity index is 3750. The van der Waals surface area contributed by atoms with Crippen molar-refractivity contribution in [2.75, 3.05) is 9.80 Å². The second-order valence-electron chi connectivity index (χ2n) is 16.4. The zero-order valence-electron chi connectivity index (χ0n) is 34.6. The normalized spacial score (nSPS) is 11.7. The number of halogens is 4. The summed E-state index contributed by atoms with van der Waals surface area (Å²) in [5, 5.41) is 5.90. The second kappa shape index (κ2) is 15.1. The molecule has 2 aromatic heterocycles. The van der Waals surface area contributed by atoms with Crippen LogP contribution in [0.2, 0.25) is 0 Å². The number of hydrogen-bond acceptors (Lipinski definition) is 2. The van der Waals surface area contributed by atoms with Crippen molar-refractivity contribution in [2.24, 2.45) is 0 Å². The van der Waals surface area contributed by atoms with E-state index in [1.165, 1.54) is 24.3 Å². The van der Waals surface area contributed by atoms with Crippen LogP contribution in [0.1, 0.15) is 0 Å².